The summed E-state index contributed by atoms with van der Waals surface area (Å²) in [5.74, 6) is 1.09. The Morgan fingerprint density at radius 2 is 1.78 bits per heavy atom. The lowest BCUT2D eigenvalue weighted by molar-refractivity contribution is 0.304. The van der Waals surface area contributed by atoms with E-state index in [0.717, 1.165) is 48.4 Å². The van der Waals surface area contributed by atoms with Crippen molar-refractivity contribution >= 4 is 0 Å². The molecule has 0 spiro atoms. The Hall–Kier alpha value is -3.12. The van der Waals surface area contributed by atoms with Gasteiger partial charge in [0.25, 0.3) is 5.56 Å². The minimum absolute atomic E-state index is 0.119. The van der Waals surface area contributed by atoms with E-state index in [4.69, 9.17) is 9.47 Å². The van der Waals surface area contributed by atoms with Crippen LogP contribution in [-0.4, -0.2) is 30.2 Å². The van der Waals surface area contributed by atoms with Crippen molar-refractivity contribution in [2.45, 2.75) is 39.5 Å². The molecular formula is C26H31FN2O3. The number of rotatable bonds is 11. The predicted octanol–water partition coefficient (Wildman–Crippen LogP) is 4.66. The van der Waals surface area contributed by atoms with Gasteiger partial charge in [0, 0.05) is 30.9 Å². The molecule has 0 atom stereocenters. The smallest absolute Gasteiger partial charge is 0.254 e. The molecule has 0 radical (unpaired) electrons. The number of nitrogens with zero attached hydrogens (tertiary/aromatic N) is 2. The number of benzene rings is 2. The molecule has 0 fully saturated rings. The highest BCUT2D eigenvalue weighted by molar-refractivity contribution is 5.37. The normalized spacial score (nSPS) is 11.0. The van der Waals surface area contributed by atoms with Gasteiger partial charge in [-0.2, -0.15) is 0 Å². The van der Waals surface area contributed by atoms with Gasteiger partial charge in [-0.15, -0.1) is 0 Å². The molecule has 5 nitrogen and oxygen atoms in total. The van der Waals surface area contributed by atoms with Crippen LogP contribution < -0.4 is 15.0 Å². The molecule has 0 bridgehead atoms. The Balaban J connectivity index is 1.59. The van der Waals surface area contributed by atoms with Crippen molar-refractivity contribution in [2.24, 2.45) is 0 Å². The Morgan fingerprint density at radius 3 is 2.47 bits per heavy atom. The van der Waals surface area contributed by atoms with Crippen molar-refractivity contribution in [3.8, 4) is 11.5 Å². The molecule has 0 saturated heterocycles. The second-order valence-corrected chi connectivity index (χ2v) is 7.94. The number of hydrogen-bond acceptors (Lipinski definition) is 4. The maximum Gasteiger partial charge on any atom is 0.254 e. The Labute approximate surface area is 189 Å². The first-order valence-electron chi connectivity index (χ1n) is 10.9. The van der Waals surface area contributed by atoms with Gasteiger partial charge in [-0.1, -0.05) is 31.2 Å². The van der Waals surface area contributed by atoms with E-state index < -0.39 is 0 Å². The van der Waals surface area contributed by atoms with E-state index in [9.17, 15) is 9.18 Å². The highest BCUT2D eigenvalue weighted by Gasteiger charge is 2.08. The first kappa shape index (κ1) is 23.5. The van der Waals surface area contributed by atoms with Crippen molar-refractivity contribution in [3.63, 3.8) is 0 Å². The molecule has 170 valence electrons. The zero-order valence-corrected chi connectivity index (χ0v) is 19.0. The first-order chi connectivity index (χ1) is 15.5. The number of methoxy groups -OCH3 is 1. The molecule has 1 heterocycles. The zero-order valence-electron chi connectivity index (χ0n) is 19.0. The topological polar surface area (TPSA) is 43.7 Å². The Bertz CT molecular complexity index is 1060. The van der Waals surface area contributed by atoms with Crippen molar-refractivity contribution in [1.29, 1.82) is 0 Å². The van der Waals surface area contributed by atoms with Crippen molar-refractivity contribution in [3.05, 3.63) is 93.7 Å². The van der Waals surface area contributed by atoms with Crippen LogP contribution in [0.3, 0.4) is 0 Å². The molecule has 3 aromatic rings. The summed E-state index contributed by atoms with van der Waals surface area (Å²) in [6.07, 6.45) is 3.58. The van der Waals surface area contributed by atoms with Gasteiger partial charge in [-0.25, -0.2) is 4.39 Å². The van der Waals surface area contributed by atoms with E-state index in [1.165, 1.54) is 18.2 Å². The van der Waals surface area contributed by atoms with Gasteiger partial charge in [-0.3, -0.25) is 4.79 Å². The summed E-state index contributed by atoms with van der Waals surface area (Å²) in [5.41, 5.74) is 3.00. The summed E-state index contributed by atoms with van der Waals surface area (Å²) in [7, 11) is 3.80. The molecule has 0 aliphatic rings. The predicted molar refractivity (Wildman–Crippen MR) is 125 cm³/mol. The van der Waals surface area contributed by atoms with Crippen LogP contribution in [0.5, 0.6) is 11.5 Å². The van der Waals surface area contributed by atoms with Gasteiger partial charge < -0.3 is 18.9 Å². The summed E-state index contributed by atoms with van der Waals surface area (Å²) in [4.78, 5) is 14.8. The summed E-state index contributed by atoms with van der Waals surface area (Å²) in [6.45, 7) is 4.90. The second-order valence-electron chi connectivity index (χ2n) is 7.94. The molecule has 0 aliphatic heterocycles. The number of ether oxygens (including phenoxy) is 2. The molecule has 32 heavy (non-hydrogen) atoms. The fraction of sp³-hybridized carbons (Fsp3) is 0.346. The average Bonchev–Trinajstić information content (AvgIpc) is 2.79. The fourth-order valence-electron chi connectivity index (χ4n) is 3.59. The maximum absolute atomic E-state index is 13.0. The summed E-state index contributed by atoms with van der Waals surface area (Å²) < 4.78 is 25.9. The molecule has 0 N–H and O–H groups in total. The van der Waals surface area contributed by atoms with Crippen LogP contribution >= 0.6 is 0 Å². The lowest BCUT2D eigenvalue weighted by Gasteiger charge is -2.18. The summed E-state index contributed by atoms with van der Waals surface area (Å²) >= 11 is 0. The number of pyridine rings is 1. The minimum Gasteiger partial charge on any atom is -0.496 e. The number of hydrogen-bond donors (Lipinski definition) is 0. The van der Waals surface area contributed by atoms with E-state index in [2.05, 4.69) is 37.1 Å². The van der Waals surface area contributed by atoms with Crippen LogP contribution in [0.15, 0.2) is 65.6 Å². The average molecular weight is 439 g/mol. The van der Waals surface area contributed by atoms with Gasteiger partial charge in [0.1, 0.15) is 23.9 Å². The molecule has 0 aliphatic carbocycles. The van der Waals surface area contributed by atoms with Crippen molar-refractivity contribution < 1.29 is 13.9 Å². The first-order valence-corrected chi connectivity index (χ1v) is 10.9. The molecule has 2 aromatic carbocycles. The number of aryl methyl sites for hydroxylation is 2. The van der Waals surface area contributed by atoms with E-state index >= 15 is 0 Å². The molecule has 6 heteroatoms. The third-order valence-corrected chi connectivity index (χ3v) is 5.32. The Morgan fingerprint density at radius 1 is 1.03 bits per heavy atom. The van der Waals surface area contributed by atoms with Crippen molar-refractivity contribution in [1.82, 2.24) is 9.47 Å². The molecule has 1 aromatic heterocycles. The van der Waals surface area contributed by atoms with Gasteiger partial charge in [0.2, 0.25) is 0 Å². The van der Waals surface area contributed by atoms with Crippen LogP contribution in [0, 0.1) is 5.82 Å². The van der Waals surface area contributed by atoms with Gasteiger partial charge in [-0.05, 0) is 61.8 Å². The number of aromatic nitrogens is 1. The lowest BCUT2D eigenvalue weighted by atomic mass is 10.1. The standard InChI is InChI=1S/C26H31FN2O3/c1-4-13-28(2)18-22-8-5-20(16-25(22)31-3)11-14-29-15-12-24(17-26(29)30)32-19-21-6-9-23(27)10-7-21/h5-10,12,15-17H,4,11,13-14,18-19H2,1-3H3. The van der Waals surface area contributed by atoms with E-state index in [-0.39, 0.29) is 18.0 Å². The van der Waals surface area contributed by atoms with Gasteiger partial charge in [0.15, 0.2) is 0 Å². The van der Waals surface area contributed by atoms with E-state index in [1.54, 1.807) is 36.1 Å². The lowest BCUT2D eigenvalue weighted by Crippen LogP contribution is -2.20. The molecule has 0 amide bonds. The summed E-state index contributed by atoms with van der Waals surface area (Å²) in [6, 6.07) is 15.6. The highest BCUT2D eigenvalue weighted by Crippen LogP contribution is 2.22. The zero-order chi connectivity index (χ0) is 22.9. The Kier molecular flexibility index (Phi) is 8.45. The molecule has 3 rings (SSSR count). The SMILES string of the molecule is CCCN(C)Cc1ccc(CCn2ccc(OCc3ccc(F)cc3)cc2=O)cc1OC. The largest absolute Gasteiger partial charge is 0.496 e. The second kappa shape index (κ2) is 11.5. The molecular weight excluding hydrogens is 407 g/mol. The van der Waals surface area contributed by atoms with E-state index in [0.29, 0.717) is 12.3 Å². The third kappa shape index (κ3) is 6.69. The van der Waals surface area contributed by atoms with E-state index in [1.807, 2.05) is 0 Å². The monoisotopic (exact) mass is 438 g/mol. The number of halogens is 1. The van der Waals surface area contributed by atoms with Gasteiger partial charge >= 0.3 is 0 Å². The van der Waals surface area contributed by atoms with Crippen LogP contribution in [0.4, 0.5) is 4.39 Å². The van der Waals surface area contributed by atoms with Crippen LogP contribution in [-0.2, 0) is 26.1 Å². The van der Waals surface area contributed by atoms with Crippen molar-refractivity contribution in [2.75, 3.05) is 20.7 Å². The fourth-order valence-corrected chi connectivity index (χ4v) is 3.59. The minimum atomic E-state index is -0.285. The molecule has 0 saturated carbocycles. The van der Waals surface area contributed by atoms with Crippen LogP contribution in [0.1, 0.15) is 30.0 Å². The van der Waals surface area contributed by atoms with Crippen LogP contribution in [0.25, 0.3) is 0 Å². The quantitative estimate of drug-likeness (QED) is 0.437. The maximum atomic E-state index is 13.0. The molecule has 0 unspecified atom stereocenters. The highest BCUT2D eigenvalue weighted by atomic mass is 19.1. The van der Waals surface area contributed by atoms with Gasteiger partial charge in [0.05, 0.1) is 7.11 Å². The van der Waals surface area contributed by atoms with Crippen LogP contribution in [0.2, 0.25) is 0 Å². The third-order valence-electron chi connectivity index (χ3n) is 5.32. The summed E-state index contributed by atoms with van der Waals surface area (Å²) in [5, 5.41) is 0.